The zero-order chi connectivity index (χ0) is 14.0. The number of rotatable bonds is 4. The maximum absolute atomic E-state index is 11.5. The van der Waals surface area contributed by atoms with Crippen LogP contribution in [0.15, 0.2) is 12.4 Å². The fraction of sp³-hybridized carbons (Fsp3) is 0.727. The fourth-order valence-electron chi connectivity index (χ4n) is 2.33. The number of hydrogen-bond acceptors (Lipinski definition) is 6. The van der Waals surface area contributed by atoms with E-state index in [1.165, 1.54) is 6.20 Å². The molecule has 1 aromatic heterocycles. The molecular weight excluding hydrogens is 268 g/mol. The van der Waals surface area contributed by atoms with E-state index in [1.54, 1.807) is 10.9 Å². The number of aliphatic hydroxyl groups is 1. The Kier molecular flexibility index (Phi) is 4.12. The van der Waals surface area contributed by atoms with Crippen LogP contribution >= 0.6 is 0 Å². The number of nitrogen functional groups attached to an aromatic ring is 1. The molecule has 0 aromatic carbocycles. The lowest BCUT2D eigenvalue weighted by Crippen LogP contribution is -2.50. The van der Waals surface area contributed by atoms with Gasteiger partial charge in [-0.2, -0.15) is 5.10 Å². The van der Waals surface area contributed by atoms with Gasteiger partial charge in [-0.15, -0.1) is 0 Å². The molecule has 0 spiro atoms. The van der Waals surface area contributed by atoms with Crippen LogP contribution in [0, 0.1) is 0 Å². The van der Waals surface area contributed by atoms with Gasteiger partial charge < -0.3 is 10.8 Å². The standard InChI is InChI=1S/C11H20N4O3S/c1-9-8-19(17,18)3-2-14(9)6-11(16)7-15-5-10(12)4-13-15/h4-5,9,11,16H,2-3,6-8,12H2,1H3. The first kappa shape index (κ1) is 14.3. The molecule has 19 heavy (non-hydrogen) atoms. The summed E-state index contributed by atoms with van der Waals surface area (Å²) in [6.07, 6.45) is 2.60. The molecule has 0 aliphatic carbocycles. The Morgan fingerprint density at radius 1 is 1.58 bits per heavy atom. The summed E-state index contributed by atoms with van der Waals surface area (Å²) >= 11 is 0. The van der Waals surface area contributed by atoms with E-state index in [-0.39, 0.29) is 17.5 Å². The van der Waals surface area contributed by atoms with Crippen molar-refractivity contribution in [2.45, 2.75) is 25.6 Å². The number of sulfone groups is 1. The maximum Gasteiger partial charge on any atom is 0.153 e. The molecule has 8 heteroatoms. The van der Waals surface area contributed by atoms with Crippen LogP contribution in [0.25, 0.3) is 0 Å². The molecule has 2 rings (SSSR count). The third-order valence-electron chi connectivity index (χ3n) is 3.30. The van der Waals surface area contributed by atoms with Crippen molar-refractivity contribution in [1.29, 1.82) is 0 Å². The molecule has 0 saturated carbocycles. The van der Waals surface area contributed by atoms with Crippen molar-refractivity contribution in [3.8, 4) is 0 Å². The number of nitrogens with zero attached hydrogens (tertiary/aromatic N) is 3. The van der Waals surface area contributed by atoms with Gasteiger partial charge in [0.25, 0.3) is 0 Å². The highest BCUT2D eigenvalue weighted by molar-refractivity contribution is 7.91. The molecule has 1 aliphatic heterocycles. The number of anilines is 1. The van der Waals surface area contributed by atoms with Crippen molar-refractivity contribution >= 4 is 15.5 Å². The minimum atomic E-state index is -2.91. The van der Waals surface area contributed by atoms with Gasteiger partial charge in [0.2, 0.25) is 0 Å². The zero-order valence-electron chi connectivity index (χ0n) is 10.9. The number of β-amino-alcohol motifs (C(OH)–C–C–N with tert-alkyl or cyclic N) is 1. The number of nitrogens with two attached hydrogens (primary N) is 1. The SMILES string of the molecule is CC1CS(=O)(=O)CCN1CC(O)Cn1cc(N)cn1. The Morgan fingerprint density at radius 3 is 2.89 bits per heavy atom. The molecule has 0 amide bonds. The molecule has 1 aliphatic rings. The first-order valence-corrected chi connectivity index (χ1v) is 8.08. The highest BCUT2D eigenvalue weighted by Crippen LogP contribution is 2.12. The highest BCUT2D eigenvalue weighted by Gasteiger charge is 2.29. The van der Waals surface area contributed by atoms with E-state index in [1.807, 2.05) is 11.8 Å². The van der Waals surface area contributed by atoms with Crippen molar-refractivity contribution < 1.29 is 13.5 Å². The summed E-state index contributed by atoms with van der Waals surface area (Å²) in [5, 5.41) is 14.0. The summed E-state index contributed by atoms with van der Waals surface area (Å²) < 4.78 is 24.5. The van der Waals surface area contributed by atoms with E-state index in [9.17, 15) is 13.5 Å². The van der Waals surface area contributed by atoms with E-state index in [2.05, 4.69) is 5.10 Å². The lowest BCUT2D eigenvalue weighted by atomic mass is 10.2. The Labute approximate surface area is 112 Å². The number of aliphatic hydroxyl groups excluding tert-OH is 1. The average Bonchev–Trinajstić information content (AvgIpc) is 2.67. The van der Waals surface area contributed by atoms with E-state index in [4.69, 9.17) is 5.73 Å². The lowest BCUT2D eigenvalue weighted by molar-refractivity contribution is 0.0820. The van der Waals surface area contributed by atoms with Crippen molar-refractivity contribution in [2.24, 2.45) is 0 Å². The molecule has 108 valence electrons. The van der Waals surface area contributed by atoms with E-state index in [0.29, 0.717) is 25.3 Å². The van der Waals surface area contributed by atoms with Crippen molar-refractivity contribution in [3.63, 3.8) is 0 Å². The molecule has 3 N–H and O–H groups in total. The van der Waals surface area contributed by atoms with E-state index < -0.39 is 15.9 Å². The maximum atomic E-state index is 11.5. The van der Waals surface area contributed by atoms with Gasteiger partial charge in [-0.25, -0.2) is 8.42 Å². The van der Waals surface area contributed by atoms with Gasteiger partial charge in [0.15, 0.2) is 9.84 Å². The van der Waals surface area contributed by atoms with Crippen LogP contribution in [0.4, 0.5) is 5.69 Å². The lowest BCUT2D eigenvalue weighted by Gasteiger charge is -2.34. The molecule has 1 aromatic rings. The van der Waals surface area contributed by atoms with Gasteiger partial charge in [0.05, 0.1) is 36.0 Å². The summed E-state index contributed by atoms with van der Waals surface area (Å²) in [4.78, 5) is 2.00. The van der Waals surface area contributed by atoms with Gasteiger partial charge in [-0.05, 0) is 6.92 Å². The summed E-state index contributed by atoms with van der Waals surface area (Å²) in [5.74, 6) is 0.327. The largest absolute Gasteiger partial charge is 0.396 e. The average molecular weight is 288 g/mol. The molecule has 2 unspecified atom stereocenters. The third kappa shape index (κ3) is 3.92. The van der Waals surface area contributed by atoms with Crippen LogP contribution in [0.2, 0.25) is 0 Å². The molecule has 0 radical (unpaired) electrons. The second-order valence-electron chi connectivity index (χ2n) is 5.11. The quantitative estimate of drug-likeness (QED) is 0.733. The minimum Gasteiger partial charge on any atom is -0.396 e. The van der Waals surface area contributed by atoms with Crippen LogP contribution in [-0.4, -0.2) is 64.9 Å². The van der Waals surface area contributed by atoms with Gasteiger partial charge >= 0.3 is 0 Å². The smallest absolute Gasteiger partial charge is 0.153 e. The van der Waals surface area contributed by atoms with Crippen molar-refractivity contribution in [3.05, 3.63) is 12.4 Å². The Hall–Kier alpha value is -1.12. The second-order valence-corrected chi connectivity index (χ2v) is 7.34. The minimum absolute atomic E-state index is 0.0592. The Morgan fingerprint density at radius 2 is 2.32 bits per heavy atom. The van der Waals surface area contributed by atoms with Crippen LogP contribution < -0.4 is 5.73 Å². The first-order chi connectivity index (χ1) is 8.85. The van der Waals surface area contributed by atoms with Gasteiger partial charge in [-0.1, -0.05) is 0 Å². The van der Waals surface area contributed by atoms with Gasteiger partial charge in [0, 0.05) is 25.3 Å². The van der Waals surface area contributed by atoms with Crippen LogP contribution in [-0.2, 0) is 16.4 Å². The van der Waals surface area contributed by atoms with Gasteiger partial charge in [0.1, 0.15) is 0 Å². The first-order valence-electron chi connectivity index (χ1n) is 6.26. The number of hydrogen-bond donors (Lipinski definition) is 2. The van der Waals surface area contributed by atoms with Crippen LogP contribution in [0.1, 0.15) is 6.92 Å². The highest BCUT2D eigenvalue weighted by atomic mass is 32.2. The normalized spacial score (nSPS) is 25.3. The van der Waals surface area contributed by atoms with Crippen molar-refractivity contribution in [1.82, 2.24) is 14.7 Å². The monoisotopic (exact) mass is 288 g/mol. The summed E-state index contributed by atoms with van der Waals surface area (Å²) in [5.41, 5.74) is 6.11. The second kappa shape index (κ2) is 5.48. The van der Waals surface area contributed by atoms with E-state index in [0.717, 1.165) is 0 Å². The topological polar surface area (TPSA) is 101 Å². The van der Waals surface area contributed by atoms with Crippen LogP contribution in [0.3, 0.4) is 0 Å². The molecule has 2 heterocycles. The van der Waals surface area contributed by atoms with Crippen LogP contribution in [0.5, 0.6) is 0 Å². The summed E-state index contributed by atoms with van der Waals surface area (Å²) in [6, 6.07) is -0.0592. The zero-order valence-corrected chi connectivity index (χ0v) is 11.8. The Balaban J connectivity index is 1.87. The fourth-order valence-corrected chi connectivity index (χ4v) is 3.95. The predicted molar refractivity (Wildman–Crippen MR) is 72.3 cm³/mol. The summed E-state index contributed by atoms with van der Waals surface area (Å²) in [6.45, 7) is 3.14. The van der Waals surface area contributed by atoms with Crippen molar-refractivity contribution in [2.75, 3.05) is 30.3 Å². The summed E-state index contributed by atoms with van der Waals surface area (Å²) in [7, 11) is -2.91. The number of aromatic nitrogens is 2. The molecule has 1 saturated heterocycles. The molecular formula is C11H20N4O3S. The van der Waals surface area contributed by atoms with Gasteiger partial charge in [-0.3, -0.25) is 9.58 Å². The third-order valence-corrected chi connectivity index (χ3v) is 5.10. The molecule has 2 atom stereocenters. The molecule has 0 bridgehead atoms. The Bertz CT molecular complexity index is 528. The predicted octanol–water partition coefficient (Wildman–Crippen LogP) is -1.05. The van der Waals surface area contributed by atoms with E-state index >= 15 is 0 Å². The molecule has 1 fully saturated rings. The molecule has 7 nitrogen and oxygen atoms in total.